The molecule has 0 saturated heterocycles. The van der Waals surface area contributed by atoms with Crippen LogP contribution in [0.2, 0.25) is 0 Å². The SMILES string of the molecule is Nc1ccc(Br)c(NC(=O)C2(c3ccccc3)CC2)c1. The maximum absolute atomic E-state index is 12.6. The molecule has 3 N–H and O–H groups in total. The lowest BCUT2D eigenvalue weighted by molar-refractivity contribution is -0.118. The molecule has 3 rings (SSSR count). The molecule has 1 fully saturated rings. The van der Waals surface area contributed by atoms with Crippen molar-refractivity contribution in [3.8, 4) is 0 Å². The Bertz CT molecular complexity index is 651. The zero-order valence-corrected chi connectivity index (χ0v) is 12.5. The molecule has 20 heavy (non-hydrogen) atoms. The second kappa shape index (κ2) is 4.94. The highest BCUT2D eigenvalue weighted by Crippen LogP contribution is 2.49. The molecule has 0 aliphatic heterocycles. The van der Waals surface area contributed by atoms with E-state index in [0.29, 0.717) is 5.69 Å². The molecule has 1 saturated carbocycles. The fourth-order valence-electron chi connectivity index (χ4n) is 2.41. The van der Waals surface area contributed by atoms with Gasteiger partial charge in [-0.3, -0.25) is 4.79 Å². The third-order valence-corrected chi connectivity index (χ3v) is 4.44. The molecule has 0 heterocycles. The van der Waals surface area contributed by atoms with Crippen molar-refractivity contribution < 1.29 is 4.79 Å². The molecule has 102 valence electrons. The molecule has 1 aliphatic carbocycles. The van der Waals surface area contributed by atoms with Crippen LogP contribution in [0.15, 0.2) is 53.0 Å². The topological polar surface area (TPSA) is 55.1 Å². The van der Waals surface area contributed by atoms with Gasteiger partial charge in [0.1, 0.15) is 0 Å². The third kappa shape index (κ3) is 2.31. The minimum atomic E-state index is -0.370. The molecule has 1 amide bonds. The van der Waals surface area contributed by atoms with Crippen molar-refractivity contribution in [2.45, 2.75) is 18.3 Å². The van der Waals surface area contributed by atoms with Crippen LogP contribution < -0.4 is 11.1 Å². The smallest absolute Gasteiger partial charge is 0.235 e. The van der Waals surface area contributed by atoms with E-state index in [1.165, 1.54) is 0 Å². The van der Waals surface area contributed by atoms with Gasteiger partial charge >= 0.3 is 0 Å². The summed E-state index contributed by atoms with van der Waals surface area (Å²) in [4.78, 5) is 12.6. The Balaban J connectivity index is 1.85. The van der Waals surface area contributed by atoms with Crippen molar-refractivity contribution in [3.63, 3.8) is 0 Å². The molecule has 2 aromatic carbocycles. The van der Waals surface area contributed by atoms with Crippen molar-refractivity contribution in [2.75, 3.05) is 11.1 Å². The second-order valence-electron chi connectivity index (χ2n) is 5.14. The number of carbonyl (C=O) groups is 1. The van der Waals surface area contributed by atoms with Gasteiger partial charge in [0.25, 0.3) is 0 Å². The lowest BCUT2D eigenvalue weighted by Gasteiger charge is -2.16. The van der Waals surface area contributed by atoms with E-state index in [9.17, 15) is 4.79 Å². The Labute approximate surface area is 126 Å². The van der Waals surface area contributed by atoms with Crippen LogP contribution in [0.5, 0.6) is 0 Å². The van der Waals surface area contributed by atoms with E-state index in [1.54, 1.807) is 12.1 Å². The number of anilines is 2. The summed E-state index contributed by atoms with van der Waals surface area (Å²) in [5.74, 6) is 0.0370. The normalized spacial score (nSPS) is 15.7. The van der Waals surface area contributed by atoms with Crippen molar-refractivity contribution in [2.24, 2.45) is 0 Å². The monoisotopic (exact) mass is 330 g/mol. The van der Waals surface area contributed by atoms with E-state index in [0.717, 1.165) is 28.6 Å². The molecular weight excluding hydrogens is 316 g/mol. The van der Waals surface area contributed by atoms with E-state index in [-0.39, 0.29) is 11.3 Å². The Kier molecular flexibility index (Phi) is 3.26. The van der Waals surface area contributed by atoms with E-state index < -0.39 is 0 Å². The van der Waals surface area contributed by atoms with E-state index >= 15 is 0 Å². The van der Waals surface area contributed by atoms with Gasteiger partial charge in [0.15, 0.2) is 0 Å². The Hall–Kier alpha value is -1.81. The number of rotatable bonds is 3. The fourth-order valence-corrected chi connectivity index (χ4v) is 2.76. The molecule has 0 bridgehead atoms. The molecule has 2 aromatic rings. The predicted octanol–water partition coefficient (Wildman–Crippen LogP) is 3.70. The quantitative estimate of drug-likeness (QED) is 0.843. The first-order chi connectivity index (χ1) is 9.62. The summed E-state index contributed by atoms with van der Waals surface area (Å²) in [6.07, 6.45) is 1.78. The Morgan fingerprint density at radius 3 is 2.50 bits per heavy atom. The lowest BCUT2D eigenvalue weighted by atomic mass is 9.95. The molecule has 4 heteroatoms. The average Bonchev–Trinajstić information content (AvgIpc) is 3.25. The molecule has 0 radical (unpaired) electrons. The van der Waals surface area contributed by atoms with Crippen molar-refractivity contribution in [1.82, 2.24) is 0 Å². The first-order valence-corrected chi connectivity index (χ1v) is 7.33. The van der Waals surface area contributed by atoms with E-state index in [1.807, 2.05) is 36.4 Å². The minimum absolute atomic E-state index is 0.0370. The predicted molar refractivity (Wildman–Crippen MR) is 84.5 cm³/mol. The highest BCUT2D eigenvalue weighted by molar-refractivity contribution is 9.10. The maximum atomic E-state index is 12.6. The fraction of sp³-hybridized carbons (Fsp3) is 0.188. The summed E-state index contributed by atoms with van der Waals surface area (Å²) in [7, 11) is 0. The van der Waals surface area contributed by atoms with Gasteiger partial charge in [-0.1, -0.05) is 30.3 Å². The minimum Gasteiger partial charge on any atom is -0.399 e. The van der Waals surface area contributed by atoms with Crippen LogP contribution in [-0.2, 0) is 10.2 Å². The molecule has 0 atom stereocenters. The zero-order chi connectivity index (χ0) is 14.2. The number of hydrogen-bond acceptors (Lipinski definition) is 2. The lowest BCUT2D eigenvalue weighted by Crippen LogP contribution is -2.27. The van der Waals surface area contributed by atoms with Gasteiger partial charge in [-0.2, -0.15) is 0 Å². The van der Waals surface area contributed by atoms with E-state index in [4.69, 9.17) is 5.73 Å². The first-order valence-electron chi connectivity index (χ1n) is 6.54. The standard InChI is InChI=1S/C16H15BrN2O/c17-13-7-6-12(18)10-14(13)19-15(20)16(8-9-16)11-4-2-1-3-5-11/h1-7,10H,8-9,18H2,(H,19,20). The number of nitrogen functional groups attached to an aromatic ring is 1. The highest BCUT2D eigenvalue weighted by atomic mass is 79.9. The number of carbonyl (C=O) groups excluding carboxylic acids is 1. The van der Waals surface area contributed by atoms with Gasteiger partial charge in [-0.25, -0.2) is 0 Å². The largest absolute Gasteiger partial charge is 0.399 e. The zero-order valence-electron chi connectivity index (χ0n) is 10.9. The van der Waals surface area contributed by atoms with Crippen LogP contribution in [-0.4, -0.2) is 5.91 Å². The van der Waals surface area contributed by atoms with Crippen LogP contribution in [0.1, 0.15) is 18.4 Å². The first kappa shape index (κ1) is 13.2. The molecular formula is C16H15BrN2O. The number of halogens is 1. The van der Waals surface area contributed by atoms with Gasteiger partial charge in [0, 0.05) is 10.2 Å². The summed E-state index contributed by atoms with van der Waals surface area (Å²) in [6, 6.07) is 15.3. The maximum Gasteiger partial charge on any atom is 0.235 e. The van der Waals surface area contributed by atoms with Gasteiger partial charge in [-0.05, 0) is 52.5 Å². The van der Waals surface area contributed by atoms with Gasteiger partial charge in [0.2, 0.25) is 5.91 Å². The van der Waals surface area contributed by atoms with Crippen molar-refractivity contribution >= 4 is 33.2 Å². The van der Waals surface area contributed by atoms with Crippen LogP contribution in [0, 0.1) is 0 Å². The Morgan fingerprint density at radius 2 is 1.85 bits per heavy atom. The highest BCUT2D eigenvalue weighted by Gasteiger charge is 2.51. The summed E-state index contributed by atoms with van der Waals surface area (Å²) in [5.41, 5.74) is 7.83. The Morgan fingerprint density at radius 1 is 1.15 bits per heavy atom. The molecule has 0 aromatic heterocycles. The molecule has 0 unspecified atom stereocenters. The van der Waals surface area contributed by atoms with Gasteiger partial charge in [-0.15, -0.1) is 0 Å². The van der Waals surface area contributed by atoms with Crippen LogP contribution in [0.4, 0.5) is 11.4 Å². The second-order valence-corrected chi connectivity index (χ2v) is 6.00. The van der Waals surface area contributed by atoms with Gasteiger partial charge in [0.05, 0.1) is 11.1 Å². The van der Waals surface area contributed by atoms with Crippen molar-refractivity contribution in [3.05, 3.63) is 58.6 Å². The van der Waals surface area contributed by atoms with Crippen LogP contribution >= 0.6 is 15.9 Å². The van der Waals surface area contributed by atoms with Crippen LogP contribution in [0.3, 0.4) is 0 Å². The number of hydrogen-bond donors (Lipinski definition) is 2. The van der Waals surface area contributed by atoms with Crippen molar-refractivity contribution in [1.29, 1.82) is 0 Å². The third-order valence-electron chi connectivity index (χ3n) is 3.75. The summed E-state index contributed by atoms with van der Waals surface area (Å²) >= 11 is 3.43. The number of benzene rings is 2. The van der Waals surface area contributed by atoms with Gasteiger partial charge < -0.3 is 11.1 Å². The number of amides is 1. The molecule has 1 aliphatic rings. The summed E-state index contributed by atoms with van der Waals surface area (Å²) in [5, 5.41) is 2.99. The molecule has 0 spiro atoms. The van der Waals surface area contributed by atoms with Crippen LogP contribution in [0.25, 0.3) is 0 Å². The summed E-state index contributed by atoms with van der Waals surface area (Å²) < 4.78 is 0.837. The number of nitrogens with one attached hydrogen (secondary N) is 1. The molecule has 3 nitrogen and oxygen atoms in total. The summed E-state index contributed by atoms with van der Waals surface area (Å²) in [6.45, 7) is 0. The average molecular weight is 331 g/mol. The number of nitrogens with two attached hydrogens (primary N) is 1. The van der Waals surface area contributed by atoms with E-state index in [2.05, 4.69) is 21.2 Å².